The molecule has 20 heavy (non-hydrogen) atoms. The Hall–Kier alpha value is -2.40. The number of anilines is 1. The Morgan fingerprint density at radius 2 is 2.05 bits per heavy atom. The van der Waals surface area contributed by atoms with E-state index in [9.17, 15) is 9.90 Å². The molecule has 0 radical (unpaired) electrons. The van der Waals surface area contributed by atoms with Crippen LogP contribution in [0.2, 0.25) is 0 Å². The summed E-state index contributed by atoms with van der Waals surface area (Å²) in [6.07, 6.45) is 3.67. The molecule has 1 amide bonds. The second-order valence-corrected chi connectivity index (χ2v) is 4.66. The molecule has 104 valence electrons. The van der Waals surface area contributed by atoms with E-state index in [1.54, 1.807) is 36.7 Å². The Morgan fingerprint density at radius 1 is 1.35 bits per heavy atom. The number of benzene rings is 1. The number of aromatic nitrogens is 1. The van der Waals surface area contributed by atoms with E-state index in [4.69, 9.17) is 5.73 Å². The molecule has 5 heteroatoms. The van der Waals surface area contributed by atoms with E-state index >= 15 is 0 Å². The summed E-state index contributed by atoms with van der Waals surface area (Å²) in [5.41, 5.74) is 8.39. The van der Waals surface area contributed by atoms with Gasteiger partial charge in [0.2, 0.25) is 5.91 Å². The molecule has 0 aliphatic heterocycles. The van der Waals surface area contributed by atoms with Crippen LogP contribution in [-0.2, 0) is 11.2 Å². The van der Waals surface area contributed by atoms with Gasteiger partial charge in [0.1, 0.15) is 5.75 Å². The molecule has 0 aliphatic carbocycles. The summed E-state index contributed by atoms with van der Waals surface area (Å²) >= 11 is 0. The minimum Gasteiger partial charge on any atom is -0.508 e. The van der Waals surface area contributed by atoms with Gasteiger partial charge in [-0.3, -0.25) is 9.78 Å². The lowest BCUT2D eigenvalue weighted by molar-refractivity contribution is -0.117. The summed E-state index contributed by atoms with van der Waals surface area (Å²) in [7, 11) is 0. The van der Waals surface area contributed by atoms with Crippen LogP contribution in [0.25, 0.3) is 0 Å². The fraction of sp³-hybridized carbons (Fsp3) is 0.200. The van der Waals surface area contributed by atoms with Crippen molar-refractivity contribution in [1.29, 1.82) is 0 Å². The van der Waals surface area contributed by atoms with E-state index < -0.39 is 6.04 Å². The number of amides is 1. The van der Waals surface area contributed by atoms with Gasteiger partial charge in [0.05, 0.1) is 17.9 Å². The number of phenolic OH excluding ortho intramolecular Hbond substituents is 1. The van der Waals surface area contributed by atoms with Crippen molar-refractivity contribution in [3.05, 3.63) is 53.9 Å². The number of aryl methyl sites for hydroxylation is 1. The molecule has 5 nitrogen and oxygen atoms in total. The Balaban J connectivity index is 1.99. The van der Waals surface area contributed by atoms with Crippen molar-refractivity contribution >= 4 is 11.6 Å². The van der Waals surface area contributed by atoms with Crippen molar-refractivity contribution in [1.82, 2.24) is 4.98 Å². The maximum atomic E-state index is 12.0. The maximum absolute atomic E-state index is 12.0. The van der Waals surface area contributed by atoms with Crippen LogP contribution in [0, 0.1) is 6.92 Å². The highest BCUT2D eigenvalue weighted by Gasteiger charge is 2.15. The zero-order valence-electron chi connectivity index (χ0n) is 11.2. The third-order valence-electron chi connectivity index (χ3n) is 3.03. The number of nitrogens with two attached hydrogens (primary N) is 1. The lowest BCUT2D eigenvalue weighted by atomic mass is 10.1. The zero-order valence-corrected chi connectivity index (χ0v) is 11.2. The first kappa shape index (κ1) is 14.0. The predicted molar refractivity (Wildman–Crippen MR) is 77.4 cm³/mol. The topological polar surface area (TPSA) is 88.2 Å². The van der Waals surface area contributed by atoms with E-state index in [-0.39, 0.29) is 11.7 Å². The van der Waals surface area contributed by atoms with E-state index in [0.29, 0.717) is 12.1 Å². The van der Waals surface area contributed by atoms with E-state index in [1.165, 1.54) is 0 Å². The summed E-state index contributed by atoms with van der Waals surface area (Å²) in [5.74, 6) is -0.0630. The Kier molecular flexibility index (Phi) is 4.32. The number of carbonyl (C=O) groups is 1. The molecule has 1 aromatic carbocycles. The van der Waals surface area contributed by atoms with Gasteiger partial charge in [0.25, 0.3) is 0 Å². The zero-order chi connectivity index (χ0) is 14.5. The second kappa shape index (κ2) is 6.16. The first-order valence-electron chi connectivity index (χ1n) is 6.31. The third-order valence-corrected chi connectivity index (χ3v) is 3.03. The molecular formula is C15H17N3O2. The third kappa shape index (κ3) is 3.55. The van der Waals surface area contributed by atoms with Crippen LogP contribution in [0.5, 0.6) is 5.75 Å². The quantitative estimate of drug-likeness (QED) is 0.788. The largest absolute Gasteiger partial charge is 0.508 e. The molecule has 0 fully saturated rings. The van der Waals surface area contributed by atoms with E-state index in [0.717, 1.165) is 11.1 Å². The van der Waals surface area contributed by atoms with Gasteiger partial charge in [0, 0.05) is 6.20 Å². The van der Waals surface area contributed by atoms with Gasteiger partial charge in [-0.15, -0.1) is 0 Å². The van der Waals surface area contributed by atoms with Crippen LogP contribution in [-0.4, -0.2) is 22.0 Å². The molecule has 0 saturated carbocycles. The summed E-state index contributed by atoms with van der Waals surface area (Å²) in [5, 5.41) is 12.0. The number of nitrogens with zero attached hydrogens (tertiary/aromatic N) is 1. The number of carbonyl (C=O) groups excluding carboxylic acids is 1. The molecule has 2 rings (SSSR count). The number of phenols is 1. The number of nitrogens with one attached hydrogen (secondary N) is 1. The van der Waals surface area contributed by atoms with E-state index in [1.807, 2.05) is 13.0 Å². The van der Waals surface area contributed by atoms with Crippen molar-refractivity contribution < 1.29 is 9.90 Å². The standard InChI is InChI=1S/C15H17N3O2/c1-10-6-7-17-9-14(10)18-15(20)13(16)8-11-2-4-12(19)5-3-11/h2-7,9,13,19H,8,16H2,1H3,(H,18,20)/t13-/m1/s1. The maximum Gasteiger partial charge on any atom is 0.241 e. The summed E-state index contributed by atoms with van der Waals surface area (Å²) in [6, 6.07) is 7.81. The van der Waals surface area contributed by atoms with Crippen LogP contribution in [0.4, 0.5) is 5.69 Å². The molecule has 0 bridgehead atoms. The molecule has 1 atom stereocenters. The number of aromatic hydroxyl groups is 1. The second-order valence-electron chi connectivity index (χ2n) is 4.66. The van der Waals surface area contributed by atoms with Crippen LogP contribution in [0.15, 0.2) is 42.7 Å². The first-order valence-corrected chi connectivity index (χ1v) is 6.31. The lowest BCUT2D eigenvalue weighted by Crippen LogP contribution is -2.37. The molecule has 1 aromatic heterocycles. The summed E-state index contributed by atoms with van der Waals surface area (Å²) in [6.45, 7) is 1.89. The van der Waals surface area contributed by atoms with Crippen molar-refractivity contribution in [3.63, 3.8) is 0 Å². The van der Waals surface area contributed by atoms with Gasteiger partial charge in [0.15, 0.2) is 0 Å². The van der Waals surface area contributed by atoms with Gasteiger partial charge in [-0.25, -0.2) is 0 Å². The summed E-state index contributed by atoms with van der Waals surface area (Å²) in [4.78, 5) is 16.0. The monoisotopic (exact) mass is 271 g/mol. The van der Waals surface area contributed by atoms with Gasteiger partial charge < -0.3 is 16.2 Å². The normalized spacial score (nSPS) is 11.9. The first-order chi connectivity index (χ1) is 9.56. The van der Waals surface area contributed by atoms with Gasteiger partial charge in [-0.1, -0.05) is 12.1 Å². The molecule has 0 spiro atoms. The molecule has 0 aliphatic rings. The van der Waals surface area contributed by atoms with Crippen molar-refractivity contribution in [3.8, 4) is 5.75 Å². The molecule has 0 unspecified atom stereocenters. The van der Waals surface area contributed by atoms with Crippen molar-refractivity contribution in [2.24, 2.45) is 5.73 Å². The highest BCUT2D eigenvalue weighted by Crippen LogP contribution is 2.13. The Labute approximate surface area is 117 Å². The Bertz CT molecular complexity index is 596. The van der Waals surface area contributed by atoms with Gasteiger partial charge in [-0.2, -0.15) is 0 Å². The smallest absolute Gasteiger partial charge is 0.241 e. The summed E-state index contributed by atoms with van der Waals surface area (Å²) < 4.78 is 0. The van der Waals surface area contributed by atoms with E-state index in [2.05, 4.69) is 10.3 Å². The fourth-order valence-corrected chi connectivity index (χ4v) is 1.80. The number of hydrogen-bond donors (Lipinski definition) is 3. The van der Waals surface area contributed by atoms with Crippen LogP contribution < -0.4 is 11.1 Å². The molecular weight excluding hydrogens is 254 g/mol. The number of hydrogen-bond acceptors (Lipinski definition) is 4. The fourth-order valence-electron chi connectivity index (χ4n) is 1.80. The number of pyridine rings is 1. The van der Waals surface area contributed by atoms with Gasteiger partial charge >= 0.3 is 0 Å². The molecule has 2 aromatic rings. The molecule has 1 heterocycles. The van der Waals surface area contributed by atoms with Crippen LogP contribution in [0.3, 0.4) is 0 Å². The lowest BCUT2D eigenvalue weighted by Gasteiger charge is -2.13. The van der Waals surface area contributed by atoms with Crippen LogP contribution in [0.1, 0.15) is 11.1 Å². The molecule has 0 saturated heterocycles. The predicted octanol–water partition coefficient (Wildman–Crippen LogP) is 1.60. The SMILES string of the molecule is Cc1ccncc1NC(=O)[C@H](N)Cc1ccc(O)cc1. The van der Waals surface area contributed by atoms with Crippen molar-refractivity contribution in [2.75, 3.05) is 5.32 Å². The number of rotatable bonds is 4. The average molecular weight is 271 g/mol. The highest BCUT2D eigenvalue weighted by molar-refractivity contribution is 5.95. The highest BCUT2D eigenvalue weighted by atomic mass is 16.3. The minimum absolute atomic E-state index is 0.192. The average Bonchev–Trinajstić information content (AvgIpc) is 2.44. The Morgan fingerprint density at radius 3 is 2.70 bits per heavy atom. The van der Waals surface area contributed by atoms with Crippen LogP contribution >= 0.6 is 0 Å². The minimum atomic E-state index is -0.654. The van der Waals surface area contributed by atoms with Crippen molar-refractivity contribution in [2.45, 2.75) is 19.4 Å². The molecule has 4 N–H and O–H groups in total. The van der Waals surface area contributed by atoms with Gasteiger partial charge in [-0.05, 0) is 42.7 Å².